The van der Waals surface area contributed by atoms with E-state index in [4.69, 9.17) is 5.84 Å². The summed E-state index contributed by atoms with van der Waals surface area (Å²) in [6, 6.07) is 9.07. The minimum Gasteiger partial charge on any atom is -0.322 e. The highest BCUT2D eigenvalue weighted by atomic mass is 19.1. The zero-order valence-corrected chi connectivity index (χ0v) is 10.7. The second-order valence-electron chi connectivity index (χ2n) is 4.10. The number of nitro benzene ring substituents is 1. The maximum atomic E-state index is 13.0. The van der Waals surface area contributed by atoms with Crippen LogP contribution >= 0.6 is 0 Å². The smallest absolute Gasteiger partial charge is 0.293 e. The summed E-state index contributed by atoms with van der Waals surface area (Å²) < 4.78 is 13.0. The van der Waals surface area contributed by atoms with E-state index in [0.717, 1.165) is 12.1 Å². The lowest BCUT2D eigenvalue weighted by Crippen LogP contribution is -2.14. The van der Waals surface area contributed by atoms with E-state index in [-0.39, 0.29) is 22.6 Å². The number of nitrogen functional groups attached to an aromatic ring is 1. The maximum absolute atomic E-state index is 13.0. The first-order chi connectivity index (χ1) is 10.0. The summed E-state index contributed by atoms with van der Waals surface area (Å²) in [7, 11) is 0. The Morgan fingerprint density at radius 2 is 2.00 bits per heavy atom. The first-order valence-electron chi connectivity index (χ1n) is 5.83. The third-order valence-corrected chi connectivity index (χ3v) is 2.69. The number of nitrogens with zero attached hydrogens (tertiary/aromatic N) is 1. The molecule has 0 heterocycles. The van der Waals surface area contributed by atoms with E-state index in [0.29, 0.717) is 0 Å². The molecule has 0 radical (unpaired) electrons. The van der Waals surface area contributed by atoms with Crippen molar-refractivity contribution < 1.29 is 14.1 Å². The Hall–Kier alpha value is -3.00. The van der Waals surface area contributed by atoms with Crippen LogP contribution in [0.2, 0.25) is 0 Å². The van der Waals surface area contributed by atoms with Gasteiger partial charge in [0.2, 0.25) is 0 Å². The first-order valence-corrected chi connectivity index (χ1v) is 5.83. The van der Waals surface area contributed by atoms with E-state index < -0.39 is 16.6 Å². The van der Waals surface area contributed by atoms with Crippen molar-refractivity contribution in [3.05, 3.63) is 64.0 Å². The SMILES string of the molecule is NNc1cc(C(=O)Nc2cccc(F)c2)ccc1[N+](=O)[O-]. The van der Waals surface area contributed by atoms with Gasteiger partial charge in [-0.25, -0.2) is 4.39 Å². The molecule has 8 heteroatoms. The Morgan fingerprint density at radius 1 is 1.24 bits per heavy atom. The zero-order valence-electron chi connectivity index (χ0n) is 10.7. The van der Waals surface area contributed by atoms with Gasteiger partial charge in [0.05, 0.1) is 4.92 Å². The fraction of sp³-hybridized carbons (Fsp3) is 0. The van der Waals surface area contributed by atoms with Crippen molar-refractivity contribution in [3.63, 3.8) is 0 Å². The van der Waals surface area contributed by atoms with Gasteiger partial charge < -0.3 is 10.7 Å². The Kier molecular flexibility index (Phi) is 4.10. The van der Waals surface area contributed by atoms with Crippen LogP contribution in [0.1, 0.15) is 10.4 Å². The van der Waals surface area contributed by atoms with E-state index in [9.17, 15) is 19.3 Å². The molecule has 0 fully saturated rings. The second-order valence-corrected chi connectivity index (χ2v) is 4.10. The molecule has 0 aromatic heterocycles. The van der Waals surface area contributed by atoms with Crippen molar-refractivity contribution in [2.75, 3.05) is 10.7 Å². The van der Waals surface area contributed by atoms with Crippen molar-refractivity contribution >= 4 is 23.0 Å². The van der Waals surface area contributed by atoms with Crippen molar-refractivity contribution in [3.8, 4) is 0 Å². The highest BCUT2D eigenvalue weighted by Gasteiger charge is 2.16. The molecule has 0 saturated heterocycles. The summed E-state index contributed by atoms with van der Waals surface area (Å²) in [5, 5.41) is 13.2. The molecule has 0 aliphatic rings. The third kappa shape index (κ3) is 3.31. The van der Waals surface area contributed by atoms with Crippen LogP contribution in [0, 0.1) is 15.9 Å². The monoisotopic (exact) mass is 290 g/mol. The average molecular weight is 290 g/mol. The van der Waals surface area contributed by atoms with Gasteiger partial charge in [0.1, 0.15) is 11.5 Å². The number of amides is 1. The quantitative estimate of drug-likeness (QED) is 0.454. The number of hydrazine groups is 1. The fourth-order valence-corrected chi connectivity index (χ4v) is 1.72. The van der Waals surface area contributed by atoms with Crippen LogP contribution in [-0.2, 0) is 0 Å². The molecule has 0 unspecified atom stereocenters. The van der Waals surface area contributed by atoms with Crippen molar-refractivity contribution in [2.45, 2.75) is 0 Å². The van der Waals surface area contributed by atoms with Crippen LogP contribution in [0.3, 0.4) is 0 Å². The summed E-state index contributed by atoms with van der Waals surface area (Å²) in [5.41, 5.74) is 2.35. The molecule has 0 bridgehead atoms. The van der Waals surface area contributed by atoms with Gasteiger partial charge in [0, 0.05) is 17.3 Å². The summed E-state index contributed by atoms with van der Waals surface area (Å²) >= 11 is 0. The molecule has 21 heavy (non-hydrogen) atoms. The standard InChI is InChI=1S/C13H11FN4O3/c14-9-2-1-3-10(7-9)16-13(19)8-4-5-12(18(20)21)11(6-8)17-15/h1-7,17H,15H2,(H,16,19). The summed E-state index contributed by atoms with van der Waals surface area (Å²) in [6.45, 7) is 0. The molecule has 4 N–H and O–H groups in total. The number of hydrogen-bond acceptors (Lipinski definition) is 5. The highest BCUT2D eigenvalue weighted by Crippen LogP contribution is 2.25. The molecule has 2 rings (SSSR count). The Balaban J connectivity index is 2.25. The fourth-order valence-electron chi connectivity index (χ4n) is 1.72. The van der Waals surface area contributed by atoms with Gasteiger partial charge in [-0.05, 0) is 30.3 Å². The lowest BCUT2D eigenvalue weighted by atomic mass is 10.1. The van der Waals surface area contributed by atoms with E-state index in [2.05, 4.69) is 10.7 Å². The van der Waals surface area contributed by atoms with Crippen molar-refractivity contribution in [1.82, 2.24) is 0 Å². The number of rotatable bonds is 4. The zero-order chi connectivity index (χ0) is 15.4. The van der Waals surface area contributed by atoms with Crippen LogP contribution in [0.4, 0.5) is 21.5 Å². The number of benzene rings is 2. The number of nitro groups is 1. The summed E-state index contributed by atoms with van der Waals surface area (Å²) in [4.78, 5) is 22.1. The molecule has 2 aromatic rings. The molecule has 0 spiro atoms. The van der Waals surface area contributed by atoms with Gasteiger partial charge in [-0.2, -0.15) is 0 Å². The predicted octanol–water partition coefficient (Wildman–Crippen LogP) is 2.27. The molecule has 7 nitrogen and oxygen atoms in total. The van der Waals surface area contributed by atoms with Crippen molar-refractivity contribution in [1.29, 1.82) is 0 Å². The molecule has 0 aliphatic heterocycles. The van der Waals surface area contributed by atoms with Gasteiger partial charge in [-0.1, -0.05) is 6.07 Å². The normalized spacial score (nSPS) is 10.0. The van der Waals surface area contributed by atoms with Gasteiger partial charge in [0.25, 0.3) is 11.6 Å². The van der Waals surface area contributed by atoms with E-state index in [1.165, 1.54) is 30.3 Å². The minimum atomic E-state index is -0.622. The lowest BCUT2D eigenvalue weighted by Gasteiger charge is -2.07. The molecule has 1 amide bonds. The summed E-state index contributed by atoms with van der Waals surface area (Å²) in [5.74, 6) is 4.17. The van der Waals surface area contributed by atoms with Gasteiger partial charge in [0.15, 0.2) is 0 Å². The lowest BCUT2D eigenvalue weighted by molar-refractivity contribution is -0.384. The highest BCUT2D eigenvalue weighted by molar-refractivity contribution is 6.05. The Morgan fingerprint density at radius 3 is 2.62 bits per heavy atom. The molecule has 0 atom stereocenters. The van der Waals surface area contributed by atoms with Crippen molar-refractivity contribution in [2.24, 2.45) is 5.84 Å². The van der Waals surface area contributed by atoms with Crippen LogP contribution in [0.5, 0.6) is 0 Å². The Labute approximate surface area is 118 Å². The van der Waals surface area contributed by atoms with Crippen LogP contribution in [-0.4, -0.2) is 10.8 Å². The van der Waals surface area contributed by atoms with Crippen LogP contribution < -0.4 is 16.6 Å². The maximum Gasteiger partial charge on any atom is 0.293 e. The molecular weight excluding hydrogens is 279 g/mol. The van der Waals surface area contributed by atoms with E-state index in [1.807, 2.05) is 0 Å². The average Bonchev–Trinajstić information content (AvgIpc) is 2.46. The molecule has 108 valence electrons. The third-order valence-electron chi connectivity index (χ3n) is 2.69. The largest absolute Gasteiger partial charge is 0.322 e. The number of halogens is 1. The first kappa shape index (κ1) is 14.4. The summed E-state index contributed by atoms with van der Waals surface area (Å²) in [6.07, 6.45) is 0. The van der Waals surface area contributed by atoms with Crippen LogP contribution in [0.15, 0.2) is 42.5 Å². The van der Waals surface area contributed by atoms with E-state index >= 15 is 0 Å². The molecular formula is C13H11FN4O3. The minimum absolute atomic E-state index is 0.00638. The number of carbonyl (C=O) groups excluding carboxylic acids is 1. The van der Waals surface area contributed by atoms with Crippen LogP contribution in [0.25, 0.3) is 0 Å². The second kappa shape index (κ2) is 5.97. The molecule has 2 aromatic carbocycles. The number of nitrogens with one attached hydrogen (secondary N) is 2. The Bertz CT molecular complexity index is 706. The van der Waals surface area contributed by atoms with E-state index in [1.54, 1.807) is 0 Å². The molecule has 0 saturated carbocycles. The van der Waals surface area contributed by atoms with Gasteiger partial charge in [-0.15, -0.1) is 0 Å². The topological polar surface area (TPSA) is 110 Å². The number of hydrogen-bond donors (Lipinski definition) is 3. The predicted molar refractivity (Wildman–Crippen MR) is 75.3 cm³/mol. The van der Waals surface area contributed by atoms with Gasteiger partial charge >= 0.3 is 0 Å². The number of anilines is 2. The number of carbonyl (C=O) groups is 1. The number of nitrogens with two attached hydrogens (primary N) is 1. The van der Waals surface area contributed by atoms with Gasteiger partial charge in [-0.3, -0.25) is 20.8 Å². The molecule has 0 aliphatic carbocycles.